The molecule has 146 valence electrons. The third kappa shape index (κ3) is 3.01. The molecule has 1 aromatic heterocycles. The van der Waals surface area contributed by atoms with Crippen LogP contribution < -0.4 is 9.36 Å². The second-order valence-electron chi connectivity index (χ2n) is 7.47. The van der Waals surface area contributed by atoms with Gasteiger partial charge in [0.05, 0.1) is 0 Å². The van der Waals surface area contributed by atoms with Gasteiger partial charge in [-0.2, -0.15) is 0 Å². The van der Waals surface area contributed by atoms with Gasteiger partial charge >= 0.3 is 176 Å². The van der Waals surface area contributed by atoms with E-state index in [1.165, 1.54) is 10.0 Å². The molecule has 3 heterocycles. The number of fused-ring (bicyclic) bond motifs is 3. The Kier molecular flexibility index (Phi) is 4.37. The SMILES string of the molecule is Cc1cc2nc3c(nc2cc1C)N(C)C1=NCC(C[Se]c2ccccc2)N1C3=O. The molecule has 0 saturated carbocycles. The normalized spacial score (nSPS) is 18.1. The van der Waals surface area contributed by atoms with E-state index in [1.54, 1.807) is 0 Å². The van der Waals surface area contributed by atoms with Gasteiger partial charge in [-0.25, -0.2) is 0 Å². The minimum absolute atomic E-state index is 0.0746. The van der Waals surface area contributed by atoms with E-state index in [0.29, 0.717) is 39.0 Å². The van der Waals surface area contributed by atoms with Crippen LogP contribution in [-0.4, -0.2) is 61.3 Å². The van der Waals surface area contributed by atoms with E-state index in [0.717, 1.165) is 21.9 Å². The molecule has 7 heteroatoms. The Morgan fingerprint density at radius 1 is 1.07 bits per heavy atom. The third-order valence-corrected chi connectivity index (χ3v) is 7.94. The van der Waals surface area contributed by atoms with Crippen LogP contribution in [0.2, 0.25) is 5.32 Å². The van der Waals surface area contributed by atoms with E-state index in [4.69, 9.17) is 9.97 Å². The van der Waals surface area contributed by atoms with Crippen molar-refractivity contribution in [3.05, 3.63) is 59.3 Å². The average Bonchev–Trinajstić information content (AvgIpc) is 3.16. The Hall–Kier alpha value is -2.76. The first-order chi connectivity index (χ1) is 14.0. The van der Waals surface area contributed by atoms with E-state index < -0.39 is 0 Å². The number of carbonyl (C=O) groups excluding carboxylic acids is 1. The number of hydrogen-bond donors (Lipinski definition) is 0. The zero-order chi connectivity index (χ0) is 20.1. The van der Waals surface area contributed by atoms with Crippen molar-refractivity contribution in [1.82, 2.24) is 14.9 Å². The average molecular weight is 450 g/mol. The van der Waals surface area contributed by atoms with Gasteiger partial charge in [0.2, 0.25) is 0 Å². The van der Waals surface area contributed by atoms with E-state index in [1.807, 2.05) is 35.0 Å². The molecular weight excluding hydrogens is 429 g/mol. The summed E-state index contributed by atoms with van der Waals surface area (Å²) in [5.41, 5.74) is 4.30. The van der Waals surface area contributed by atoms with Gasteiger partial charge in [0.25, 0.3) is 0 Å². The summed E-state index contributed by atoms with van der Waals surface area (Å²) >= 11 is 0.291. The number of anilines is 1. The van der Waals surface area contributed by atoms with Gasteiger partial charge in [-0.3, -0.25) is 0 Å². The molecule has 2 aliphatic rings. The summed E-state index contributed by atoms with van der Waals surface area (Å²) in [4.78, 5) is 31.3. The molecule has 2 aliphatic heterocycles. The number of guanidine groups is 1. The van der Waals surface area contributed by atoms with Gasteiger partial charge in [0.15, 0.2) is 0 Å². The van der Waals surface area contributed by atoms with Crippen LogP contribution in [0.4, 0.5) is 5.82 Å². The summed E-state index contributed by atoms with van der Waals surface area (Å²) in [7, 11) is 1.92. The number of nitrogens with zero attached hydrogens (tertiary/aromatic N) is 5. The van der Waals surface area contributed by atoms with Crippen molar-refractivity contribution in [2.75, 3.05) is 18.5 Å². The number of hydrogen-bond acceptors (Lipinski definition) is 5. The van der Waals surface area contributed by atoms with Crippen LogP contribution in [0.1, 0.15) is 21.6 Å². The number of benzene rings is 2. The van der Waals surface area contributed by atoms with Gasteiger partial charge < -0.3 is 0 Å². The minimum atomic E-state index is -0.0872. The quantitative estimate of drug-likeness (QED) is 0.575. The molecule has 0 aliphatic carbocycles. The molecule has 0 spiro atoms. The first-order valence-corrected chi connectivity index (χ1v) is 11.7. The zero-order valence-electron chi connectivity index (χ0n) is 16.6. The fraction of sp³-hybridized carbons (Fsp3) is 0.273. The zero-order valence-corrected chi connectivity index (χ0v) is 18.3. The maximum absolute atomic E-state index is 13.4. The summed E-state index contributed by atoms with van der Waals surface area (Å²) in [6.07, 6.45) is 0. The van der Waals surface area contributed by atoms with Crippen LogP contribution in [0.5, 0.6) is 0 Å². The Morgan fingerprint density at radius 2 is 1.76 bits per heavy atom. The second-order valence-corrected chi connectivity index (χ2v) is 9.77. The van der Waals surface area contributed by atoms with E-state index in [-0.39, 0.29) is 11.9 Å². The van der Waals surface area contributed by atoms with Crippen molar-refractivity contribution < 1.29 is 4.79 Å². The van der Waals surface area contributed by atoms with Crippen molar-refractivity contribution >= 4 is 48.1 Å². The molecule has 6 nitrogen and oxygen atoms in total. The van der Waals surface area contributed by atoms with Gasteiger partial charge in [0.1, 0.15) is 0 Å². The van der Waals surface area contributed by atoms with Crippen LogP contribution in [0, 0.1) is 13.8 Å². The molecule has 0 N–H and O–H groups in total. The van der Waals surface area contributed by atoms with Crippen molar-refractivity contribution in [2.24, 2.45) is 4.99 Å². The van der Waals surface area contributed by atoms with Crippen LogP contribution in [-0.2, 0) is 0 Å². The summed E-state index contributed by atoms with van der Waals surface area (Å²) in [6, 6.07) is 14.6. The number of carbonyl (C=O) groups is 1. The van der Waals surface area contributed by atoms with Crippen LogP contribution in [0.25, 0.3) is 11.0 Å². The monoisotopic (exact) mass is 451 g/mol. The maximum atomic E-state index is 13.4. The standard InChI is InChI=1S/C22H21N5OSe/c1-13-9-17-18(10-14(13)2)25-20-19(24-17)21(28)27-15(11-23-22(27)26(20)3)12-29-16-7-5-4-6-8-16/h4-10,15H,11-12H2,1-3H3. The predicted molar refractivity (Wildman–Crippen MR) is 116 cm³/mol. The molecule has 0 saturated heterocycles. The summed E-state index contributed by atoms with van der Waals surface area (Å²) in [6.45, 7) is 4.75. The molecule has 1 unspecified atom stereocenters. The Balaban J connectivity index is 1.49. The van der Waals surface area contributed by atoms with E-state index in [9.17, 15) is 4.79 Å². The number of aromatic nitrogens is 2. The van der Waals surface area contributed by atoms with Crippen LogP contribution in [0.15, 0.2) is 47.5 Å². The molecule has 5 rings (SSSR count). The van der Waals surface area contributed by atoms with Gasteiger partial charge in [-0.1, -0.05) is 0 Å². The van der Waals surface area contributed by atoms with Gasteiger partial charge in [0, 0.05) is 0 Å². The fourth-order valence-electron chi connectivity index (χ4n) is 3.76. The van der Waals surface area contributed by atoms with E-state index >= 15 is 0 Å². The molecule has 1 atom stereocenters. The summed E-state index contributed by atoms with van der Waals surface area (Å²) in [5.74, 6) is 1.19. The number of amides is 1. The molecule has 1 amide bonds. The Morgan fingerprint density at radius 3 is 2.48 bits per heavy atom. The van der Waals surface area contributed by atoms with Crippen molar-refractivity contribution in [1.29, 1.82) is 0 Å². The van der Waals surface area contributed by atoms with Crippen molar-refractivity contribution in [3.8, 4) is 0 Å². The van der Waals surface area contributed by atoms with E-state index in [2.05, 4.69) is 43.1 Å². The molecule has 0 fully saturated rings. The number of rotatable bonds is 3. The molecule has 2 aromatic carbocycles. The molecule has 0 bridgehead atoms. The van der Waals surface area contributed by atoms with Crippen LogP contribution in [0.3, 0.4) is 0 Å². The molecule has 3 aromatic rings. The molecular formula is C22H21N5OSe. The third-order valence-electron chi connectivity index (χ3n) is 5.51. The predicted octanol–water partition coefficient (Wildman–Crippen LogP) is 2.32. The summed E-state index contributed by atoms with van der Waals surface area (Å²) < 4.78 is 1.34. The topological polar surface area (TPSA) is 61.7 Å². The van der Waals surface area contributed by atoms with Crippen LogP contribution >= 0.6 is 0 Å². The Bertz CT molecular complexity index is 1160. The molecule has 29 heavy (non-hydrogen) atoms. The Labute approximate surface area is 175 Å². The fourth-order valence-corrected chi connectivity index (χ4v) is 5.83. The van der Waals surface area contributed by atoms with Gasteiger partial charge in [-0.15, -0.1) is 0 Å². The summed E-state index contributed by atoms with van der Waals surface area (Å²) in [5, 5.41) is 0.929. The number of aliphatic imine (C=N–C) groups is 1. The molecule has 0 radical (unpaired) electrons. The van der Waals surface area contributed by atoms with Crippen molar-refractivity contribution in [3.63, 3.8) is 0 Å². The van der Waals surface area contributed by atoms with Gasteiger partial charge in [-0.05, 0) is 0 Å². The van der Waals surface area contributed by atoms with Crippen molar-refractivity contribution in [2.45, 2.75) is 25.2 Å². The first-order valence-electron chi connectivity index (χ1n) is 9.61. The number of aryl methyl sites for hydroxylation is 2. The second kappa shape index (κ2) is 6.94. The first kappa shape index (κ1) is 18.3.